The molecular formula is C14H21N. The number of aryl methyl sites for hydroxylation is 1. The lowest BCUT2D eigenvalue weighted by molar-refractivity contribution is 0.206. The Balaban J connectivity index is 1.67. The summed E-state index contributed by atoms with van der Waals surface area (Å²) in [5, 5.41) is 3.54. The van der Waals surface area contributed by atoms with Crippen LogP contribution in [0.2, 0.25) is 0 Å². The molecular weight excluding hydrogens is 182 g/mol. The first-order chi connectivity index (χ1) is 7.24. The summed E-state index contributed by atoms with van der Waals surface area (Å²) in [4.78, 5) is 0. The lowest BCUT2D eigenvalue weighted by Crippen LogP contribution is -2.31. The largest absolute Gasteiger partial charge is 0.312 e. The Morgan fingerprint density at radius 3 is 2.47 bits per heavy atom. The van der Waals surface area contributed by atoms with E-state index in [2.05, 4.69) is 43.4 Å². The molecule has 82 valence electrons. The molecule has 2 rings (SSSR count). The molecule has 1 saturated carbocycles. The second kappa shape index (κ2) is 4.80. The van der Waals surface area contributed by atoms with Crippen LogP contribution >= 0.6 is 0 Å². The molecule has 1 heteroatoms. The van der Waals surface area contributed by atoms with Crippen molar-refractivity contribution in [2.75, 3.05) is 6.54 Å². The fourth-order valence-corrected chi connectivity index (χ4v) is 2.36. The summed E-state index contributed by atoms with van der Waals surface area (Å²) in [5.41, 5.74) is 2.74. The van der Waals surface area contributed by atoms with Gasteiger partial charge in [-0.25, -0.2) is 0 Å². The molecule has 0 radical (unpaired) electrons. The summed E-state index contributed by atoms with van der Waals surface area (Å²) in [6.07, 6.45) is 2.84. The molecule has 1 fully saturated rings. The maximum Gasteiger partial charge on any atom is 0.0205 e. The van der Waals surface area contributed by atoms with E-state index in [1.165, 1.54) is 30.5 Å². The number of rotatable bonds is 4. The zero-order valence-corrected chi connectivity index (χ0v) is 9.79. The molecule has 15 heavy (non-hydrogen) atoms. The third-order valence-electron chi connectivity index (χ3n) is 3.35. The molecule has 0 heterocycles. The zero-order valence-electron chi connectivity index (χ0n) is 9.79. The van der Waals surface area contributed by atoms with Crippen LogP contribution in [0.4, 0.5) is 0 Å². The zero-order chi connectivity index (χ0) is 10.7. The van der Waals surface area contributed by atoms with Gasteiger partial charge < -0.3 is 5.32 Å². The van der Waals surface area contributed by atoms with E-state index in [-0.39, 0.29) is 0 Å². The average Bonchev–Trinajstić information content (AvgIpc) is 2.18. The molecule has 1 aromatic carbocycles. The van der Waals surface area contributed by atoms with Crippen LogP contribution in [0, 0.1) is 18.8 Å². The third kappa shape index (κ3) is 3.07. The van der Waals surface area contributed by atoms with Gasteiger partial charge in [-0.3, -0.25) is 0 Å². The van der Waals surface area contributed by atoms with E-state index in [9.17, 15) is 0 Å². The highest BCUT2D eigenvalue weighted by Gasteiger charge is 2.24. The van der Waals surface area contributed by atoms with Gasteiger partial charge in [0.1, 0.15) is 0 Å². The van der Waals surface area contributed by atoms with Crippen LogP contribution in [0.1, 0.15) is 30.9 Å². The maximum absolute atomic E-state index is 3.54. The van der Waals surface area contributed by atoms with Crippen molar-refractivity contribution in [1.29, 1.82) is 0 Å². The highest BCUT2D eigenvalue weighted by atomic mass is 14.9. The molecule has 0 atom stereocenters. The van der Waals surface area contributed by atoms with Crippen molar-refractivity contribution < 1.29 is 0 Å². The van der Waals surface area contributed by atoms with Gasteiger partial charge in [0.15, 0.2) is 0 Å². The minimum absolute atomic E-state index is 0.936. The van der Waals surface area contributed by atoms with Gasteiger partial charge in [-0.15, -0.1) is 0 Å². The second-order valence-electron chi connectivity index (χ2n) is 5.06. The highest BCUT2D eigenvalue weighted by Crippen LogP contribution is 2.32. The predicted octanol–water partition coefficient (Wildman–Crippen LogP) is 3.13. The average molecular weight is 203 g/mol. The van der Waals surface area contributed by atoms with Crippen LogP contribution in [0.3, 0.4) is 0 Å². The molecule has 0 spiro atoms. The van der Waals surface area contributed by atoms with E-state index < -0.39 is 0 Å². The van der Waals surface area contributed by atoms with Crippen molar-refractivity contribution in [2.24, 2.45) is 11.8 Å². The van der Waals surface area contributed by atoms with E-state index >= 15 is 0 Å². The van der Waals surface area contributed by atoms with Crippen molar-refractivity contribution in [1.82, 2.24) is 5.32 Å². The predicted molar refractivity (Wildman–Crippen MR) is 64.8 cm³/mol. The van der Waals surface area contributed by atoms with Crippen molar-refractivity contribution in [2.45, 2.75) is 33.2 Å². The van der Waals surface area contributed by atoms with Crippen molar-refractivity contribution in [3.8, 4) is 0 Å². The fraction of sp³-hybridized carbons (Fsp3) is 0.571. The lowest BCUT2D eigenvalue weighted by atomic mass is 9.76. The molecule has 0 unspecified atom stereocenters. The van der Waals surface area contributed by atoms with E-state index in [1.807, 2.05) is 0 Å². The molecule has 1 aliphatic rings. The number of benzene rings is 1. The van der Waals surface area contributed by atoms with E-state index in [4.69, 9.17) is 0 Å². The highest BCUT2D eigenvalue weighted by molar-refractivity contribution is 5.21. The van der Waals surface area contributed by atoms with Crippen molar-refractivity contribution in [3.63, 3.8) is 0 Å². The van der Waals surface area contributed by atoms with Crippen LogP contribution in [0.15, 0.2) is 24.3 Å². The van der Waals surface area contributed by atoms with Gasteiger partial charge in [0, 0.05) is 6.54 Å². The van der Waals surface area contributed by atoms with Crippen LogP contribution < -0.4 is 5.32 Å². The van der Waals surface area contributed by atoms with Gasteiger partial charge in [0.05, 0.1) is 0 Å². The monoisotopic (exact) mass is 203 g/mol. The first-order valence-corrected chi connectivity index (χ1v) is 6.00. The smallest absolute Gasteiger partial charge is 0.0205 e. The summed E-state index contributed by atoms with van der Waals surface area (Å²) in [6.45, 7) is 6.69. The van der Waals surface area contributed by atoms with E-state index in [0.717, 1.165) is 18.4 Å². The molecule has 1 aliphatic carbocycles. The van der Waals surface area contributed by atoms with Crippen molar-refractivity contribution >= 4 is 0 Å². The standard InChI is InChI=1S/C14H21N/c1-11-3-5-13(6-4-11)9-15-10-14-7-12(2)8-14/h3-6,12,14-15H,7-10H2,1-2H3. The van der Waals surface area contributed by atoms with Crippen molar-refractivity contribution in [3.05, 3.63) is 35.4 Å². The van der Waals surface area contributed by atoms with Crippen LogP contribution in [0.5, 0.6) is 0 Å². The molecule has 1 nitrogen and oxygen atoms in total. The summed E-state index contributed by atoms with van der Waals surface area (Å²) < 4.78 is 0. The summed E-state index contributed by atoms with van der Waals surface area (Å²) in [5.74, 6) is 1.90. The quantitative estimate of drug-likeness (QED) is 0.792. The molecule has 0 aromatic heterocycles. The van der Waals surface area contributed by atoms with Gasteiger partial charge in [-0.05, 0) is 43.7 Å². The first kappa shape index (κ1) is 10.7. The normalized spacial score (nSPS) is 24.9. The molecule has 1 N–H and O–H groups in total. The summed E-state index contributed by atoms with van der Waals surface area (Å²) in [6, 6.07) is 8.79. The topological polar surface area (TPSA) is 12.0 Å². The summed E-state index contributed by atoms with van der Waals surface area (Å²) >= 11 is 0. The van der Waals surface area contributed by atoms with Crippen LogP contribution in [-0.4, -0.2) is 6.54 Å². The van der Waals surface area contributed by atoms with Crippen LogP contribution in [-0.2, 0) is 6.54 Å². The summed E-state index contributed by atoms with van der Waals surface area (Å²) in [7, 11) is 0. The fourth-order valence-electron chi connectivity index (χ4n) is 2.36. The van der Waals surface area contributed by atoms with Gasteiger partial charge in [0.25, 0.3) is 0 Å². The molecule has 0 aliphatic heterocycles. The Labute approximate surface area is 92.9 Å². The Hall–Kier alpha value is -0.820. The number of nitrogens with one attached hydrogen (secondary N) is 1. The minimum atomic E-state index is 0.936. The van der Waals surface area contributed by atoms with Gasteiger partial charge in [0.2, 0.25) is 0 Å². The Morgan fingerprint density at radius 1 is 1.20 bits per heavy atom. The first-order valence-electron chi connectivity index (χ1n) is 6.00. The van der Waals surface area contributed by atoms with E-state index in [0.29, 0.717) is 0 Å². The third-order valence-corrected chi connectivity index (χ3v) is 3.35. The molecule has 0 amide bonds. The Morgan fingerprint density at radius 2 is 1.87 bits per heavy atom. The molecule has 0 bridgehead atoms. The lowest BCUT2D eigenvalue weighted by Gasteiger charge is -2.32. The number of hydrogen-bond acceptors (Lipinski definition) is 1. The minimum Gasteiger partial charge on any atom is -0.312 e. The second-order valence-corrected chi connectivity index (χ2v) is 5.06. The van der Waals surface area contributed by atoms with E-state index in [1.54, 1.807) is 0 Å². The Kier molecular flexibility index (Phi) is 3.42. The van der Waals surface area contributed by atoms with Gasteiger partial charge in [-0.2, -0.15) is 0 Å². The number of hydrogen-bond donors (Lipinski definition) is 1. The van der Waals surface area contributed by atoms with Gasteiger partial charge in [-0.1, -0.05) is 36.8 Å². The maximum atomic E-state index is 3.54. The molecule has 1 aromatic rings. The Bertz CT molecular complexity index is 296. The van der Waals surface area contributed by atoms with Crippen LogP contribution in [0.25, 0.3) is 0 Å². The SMILES string of the molecule is Cc1ccc(CNCC2CC(C)C2)cc1. The molecule has 0 saturated heterocycles. The van der Waals surface area contributed by atoms with Gasteiger partial charge >= 0.3 is 0 Å².